The average molecular weight is 311 g/mol. The molecule has 2 rings (SSSR count). The third kappa shape index (κ3) is 2.25. The molecule has 0 amide bonds. The Balaban J connectivity index is 2.31. The van der Waals surface area contributed by atoms with E-state index in [-0.39, 0.29) is 11.9 Å². The largest absolute Gasteiger partial charge is 0.271 e. The fourth-order valence-electron chi connectivity index (χ4n) is 1.80. The van der Waals surface area contributed by atoms with Crippen molar-refractivity contribution >= 4 is 21.8 Å². The zero-order chi connectivity index (χ0) is 13.4. The first-order valence-corrected chi connectivity index (χ1v) is 6.48. The number of nitrogens with zero attached hydrogens (tertiary/aromatic N) is 4. The molecule has 0 saturated carbocycles. The molecule has 0 bridgehead atoms. The van der Waals surface area contributed by atoms with E-state index in [2.05, 4.69) is 26.1 Å². The van der Waals surface area contributed by atoms with Crippen LogP contribution in [0.15, 0.2) is 16.7 Å². The van der Waals surface area contributed by atoms with E-state index in [0.29, 0.717) is 0 Å². The minimum Gasteiger partial charge on any atom is -0.270 e. The second kappa shape index (κ2) is 4.68. The number of carbonyl (C=O) groups is 1. The molecule has 96 valence electrons. The first kappa shape index (κ1) is 13.0. The van der Waals surface area contributed by atoms with E-state index in [1.165, 1.54) is 4.68 Å². The van der Waals surface area contributed by atoms with Gasteiger partial charge in [-0.15, -0.1) is 0 Å². The highest BCUT2D eigenvalue weighted by atomic mass is 79.9. The molecule has 5 nitrogen and oxygen atoms in total. The van der Waals surface area contributed by atoms with Crippen LogP contribution in [0, 0.1) is 20.8 Å². The Hall–Kier alpha value is -1.43. The number of carbonyl (C=O) groups excluding carboxylic acids is 1. The quantitative estimate of drug-likeness (QED) is 0.857. The van der Waals surface area contributed by atoms with Crippen LogP contribution in [0.25, 0.3) is 0 Å². The number of hydrogen-bond acceptors (Lipinski definition) is 3. The Labute approximate surface area is 114 Å². The molecule has 0 aliphatic carbocycles. The van der Waals surface area contributed by atoms with Crippen LogP contribution < -0.4 is 0 Å². The van der Waals surface area contributed by atoms with Gasteiger partial charge in [0.2, 0.25) is 0 Å². The van der Waals surface area contributed by atoms with E-state index in [1.807, 2.05) is 40.0 Å². The highest BCUT2D eigenvalue weighted by molar-refractivity contribution is 9.10. The van der Waals surface area contributed by atoms with Gasteiger partial charge < -0.3 is 0 Å². The third-order valence-electron chi connectivity index (χ3n) is 2.83. The van der Waals surface area contributed by atoms with Crippen LogP contribution in [0.3, 0.4) is 0 Å². The van der Waals surface area contributed by atoms with E-state index in [9.17, 15) is 4.79 Å². The maximum Gasteiger partial charge on any atom is 0.271 e. The number of hydrogen-bond donors (Lipinski definition) is 0. The van der Waals surface area contributed by atoms with E-state index in [4.69, 9.17) is 0 Å². The summed E-state index contributed by atoms with van der Waals surface area (Å²) in [6.45, 7) is 7.45. The van der Waals surface area contributed by atoms with E-state index in [1.54, 1.807) is 4.68 Å². The second-order valence-electron chi connectivity index (χ2n) is 4.40. The number of aromatic nitrogens is 4. The second-order valence-corrected chi connectivity index (χ2v) is 5.25. The van der Waals surface area contributed by atoms with Crippen molar-refractivity contribution in [2.24, 2.45) is 0 Å². The molecule has 2 heterocycles. The van der Waals surface area contributed by atoms with Crippen molar-refractivity contribution in [2.75, 3.05) is 0 Å². The molecule has 0 N–H and O–H groups in total. The summed E-state index contributed by atoms with van der Waals surface area (Å²) in [4.78, 5) is 12.3. The van der Waals surface area contributed by atoms with Crippen molar-refractivity contribution in [3.8, 4) is 0 Å². The van der Waals surface area contributed by atoms with Crippen LogP contribution in [0.4, 0.5) is 0 Å². The average Bonchev–Trinajstić information content (AvgIpc) is 2.81. The molecule has 18 heavy (non-hydrogen) atoms. The molecule has 0 saturated heterocycles. The summed E-state index contributed by atoms with van der Waals surface area (Å²) in [6.07, 6.45) is 1.81. The van der Waals surface area contributed by atoms with Gasteiger partial charge in [-0.2, -0.15) is 10.2 Å². The fraction of sp³-hybridized carbons (Fsp3) is 0.417. The van der Waals surface area contributed by atoms with Gasteiger partial charge >= 0.3 is 0 Å². The summed E-state index contributed by atoms with van der Waals surface area (Å²) >= 11 is 3.39. The van der Waals surface area contributed by atoms with Gasteiger partial charge in [0, 0.05) is 11.9 Å². The molecule has 2 aromatic rings. The molecule has 0 aliphatic rings. The summed E-state index contributed by atoms with van der Waals surface area (Å²) in [5.41, 5.74) is 2.54. The SMILES string of the molecule is Cc1cc(C)n(C(=O)[C@H](C)n2cc(Br)c(C)n2)n1. The summed E-state index contributed by atoms with van der Waals surface area (Å²) < 4.78 is 3.99. The van der Waals surface area contributed by atoms with Gasteiger partial charge in [0.05, 0.1) is 15.9 Å². The number of halogens is 1. The monoisotopic (exact) mass is 310 g/mol. The Morgan fingerprint density at radius 1 is 1.33 bits per heavy atom. The first-order chi connectivity index (χ1) is 8.40. The molecule has 2 aromatic heterocycles. The van der Waals surface area contributed by atoms with Crippen LogP contribution in [-0.2, 0) is 0 Å². The highest BCUT2D eigenvalue weighted by Gasteiger charge is 2.21. The highest BCUT2D eigenvalue weighted by Crippen LogP contribution is 2.18. The van der Waals surface area contributed by atoms with Crippen LogP contribution >= 0.6 is 15.9 Å². The normalized spacial score (nSPS) is 12.7. The predicted molar refractivity (Wildman–Crippen MR) is 71.7 cm³/mol. The Kier molecular flexibility index (Phi) is 3.38. The molecule has 0 unspecified atom stereocenters. The lowest BCUT2D eigenvalue weighted by Gasteiger charge is -2.11. The third-order valence-corrected chi connectivity index (χ3v) is 3.61. The lowest BCUT2D eigenvalue weighted by atomic mass is 10.3. The molecule has 1 atom stereocenters. The zero-order valence-electron chi connectivity index (χ0n) is 10.8. The van der Waals surface area contributed by atoms with Crippen LogP contribution in [-0.4, -0.2) is 25.5 Å². The van der Waals surface area contributed by atoms with Gasteiger partial charge in [-0.05, 0) is 49.7 Å². The lowest BCUT2D eigenvalue weighted by Crippen LogP contribution is -2.25. The van der Waals surface area contributed by atoms with Gasteiger partial charge in [-0.3, -0.25) is 9.48 Å². The Morgan fingerprint density at radius 3 is 2.44 bits per heavy atom. The molecule has 6 heteroatoms. The smallest absolute Gasteiger partial charge is 0.270 e. The summed E-state index contributed by atoms with van der Waals surface area (Å²) in [7, 11) is 0. The molecule has 0 fully saturated rings. The topological polar surface area (TPSA) is 52.7 Å². The molecule has 0 spiro atoms. The minimum absolute atomic E-state index is 0.0874. The van der Waals surface area contributed by atoms with E-state index >= 15 is 0 Å². The fourth-order valence-corrected chi connectivity index (χ4v) is 2.09. The van der Waals surface area contributed by atoms with E-state index < -0.39 is 0 Å². The minimum atomic E-state index is -0.381. The first-order valence-electron chi connectivity index (χ1n) is 5.69. The van der Waals surface area contributed by atoms with Crippen molar-refractivity contribution in [3.05, 3.63) is 33.8 Å². The van der Waals surface area contributed by atoms with Crippen molar-refractivity contribution < 1.29 is 4.79 Å². The van der Waals surface area contributed by atoms with Gasteiger partial charge in [0.15, 0.2) is 0 Å². The Morgan fingerprint density at radius 2 is 2.00 bits per heavy atom. The van der Waals surface area contributed by atoms with Gasteiger partial charge in [-0.25, -0.2) is 4.68 Å². The standard InChI is InChI=1S/C12H15BrN4O/c1-7-5-8(2)17(14-7)12(18)10(4)16-6-11(13)9(3)15-16/h5-6,10H,1-4H3/t10-/m0/s1. The van der Waals surface area contributed by atoms with Crippen LogP contribution in [0.2, 0.25) is 0 Å². The van der Waals surface area contributed by atoms with Crippen molar-refractivity contribution in [3.63, 3.8) is 0 Å². The molecular weight excluding hydrogens is 296 g/mol. The lowest BCUT2D eigenvalue weighted by molar-refractivity contribution is 0.0823. The van der Waals surface area contributed by atoms with E-state index in [0.717, 1.165) is 21.6 Å². The van der Waals surface area contributed by atoms with Gasteiger partial charge in [-0.1, -0.05) is 0 Å². The maximum atomic E-state index is 12.3. The van der Waals surface area contributed by atoms with Crippen LogP contribution in [0.5, 0.6) is 0 Å². The van der Waals surface area contributed by atoms with Crippen molar-refractivity contribution in [1.29, 1.82) is 0 Å². The maximum absolute atomic E-state index is 12.3. The number of aryl methyl sites for hydroxylation is 3. The van der Waals surface area contributed by atoms with Gasteiger partial charge in [0.1, 0.15) is 6.04 Å². The molecule has 0 aliphatic heterocycles. The summed E-state index contributed by atoms with van der Waals surface area (Å²) in [5.74, 6) is -0.0874. The molecule has 0 radical (unpaired) electrons. The molecular formula is C12H15BrN4O. The molecule has 0 aromatic carbocycles. The predicted octanol–water partition coefficient (Wildman–Crippen LogP) is 2.67. The Bertz CT molecular complexity index is 580. The van der Waals surface area contributed by atoms with Crippen molar-refractivity contribution in [2.45, 2.75) is 33.7 Å². The van der Waals surface area contributed by atoms with Crippen LogP contribution in [0.1, 0.15) is 34.8 Å². The number of rotatable bonds is 2. The zero-order valence-corrected chi connectivity index (χ0v) is 12.4. The summed E-state index contributed by atoms with van der Waals surface area (Å²) in [6, 6.07) is 1.50. The van der Waals surface area contributed by atoms with Crippen molar-refractivity contribution in [1.82, 2.24) is 19.6 Å². The van der Waals surface area contributed by atoms with Gasteiger partial charge in [0.25, 0.3) is 5.91 Å². The summed E-state index contributed by atoms with van der Waals surface area (Å²) in [5, 5.41) is 8.50.